The first kappa shape index (κ1) is 23.7. The number of rotatable bonds is 7. The Morgan fingerprint density at radius 1 is 0.970 bits per heavy atom. The zero-order valence-corrected chi connectivity index (χ0v) is 19.5. The van der Waals surface area contributed by atoms with E-state index < -0.39 is 16.7 Å². The second-order valence-electron chi connectivity index (χ2n) is 7.24. The van der Waals surface area contributed by atoms with Crippen LogP contribution in [0.4, 0.5) is 17.1 Å². The van der Waals surface area contributed by atoms with E-state index in [9.17, 15) is 19.7 Å². The summed E-state index contributed by atoms with van der Waals surface area (Å²) in [5.74, 6) is -1.03. The summed E-state index contributed by atoms with van der Waals surface area (Å²) in [6.07, 6.45) is 1.56. The van der Waals surface area contributed by atoms with Gasteiger partial charge in [-0.3, -0.25) is 19.7 Å². The van der Waals surface area contributed by atoms with Crippen molar-refractivity contribution in [2.24, 2.45) is 0 Å². The minimum Gasteiger partial charge on any atom is -0.378 e. The number of nitrogens with one attached hydrogen (secondary N) is 2. The fourth-order valence-corrected chi connectivity index (χ4v) is 3.36. The quantitative estimate of drug-likeness (QED) is 0.270. The minimum absolute atomic E-state index is 0.0201. The predicted octanol–water partition coefficient (Wildman–Crippen LogP) is 4.83. The van der Waals surface area contributed by atoms with Gasteiger partial charge in [0.25, 0.3) is 17.5 Å². The lowest BCUT2D eigenvalue weighted by Crippen LogP contribution is -2.31. The highest BCUT2D eigenvalue weighted by Crippen LogP contribution is 2.19. The lowest BCUT2D eigenvalue weighted by molar-refractivity contribution is -0.384. The van der Waals surface area contributed by atoms with Crippen LogP contribution in [0.25, 0.3) is 6.08 Å². The van der Waals surface area contributed by atoms with Crippen molar-refractivity contribution in [3.63, 3.8) is 0 Å². The first-order valence-electron chi connectivity index (χ1n) is 9.85. The third kappa shape index (κ3) is 6.27. The lowest BCUT2D eigenvalue weighted by Gasteiger charge is -2.13. The highest BCUT2D eigenvalue weighted by Gasteiger charge is 2.17. The van der Waals surface area contributed by atoms with Crippen molar-refractivity contribution in [3.8, 4) is 0 Å². The van der Waals surface area contributed by atoms with E-state index in [-0.39, 0.29) is 11.4 Å². The second-order valence-corrected chi connectivity index (χ2v) is 8.09. The summed E-state index contributed by atoms with van der Waals surface area (Å²) in [7, 11) is 3.84. The first-order valence-corrected chi connectivity index (χ1v) is 10.6. The molecule has 0 unspecified atom stereocenters. The lowest BCUT2D eigenvalue weighted by atomic mass is 10.1. The summed E-state index contributed by atoms with van der Waals surface area (Å²) < 4.78 is 0.591. The number of halogens is 1. The molecule has 0 spiro atoms. The maximum atomic E-state index is 13.0. The molecular formula is C24H21BrN4O4. The van der Waals surface area contributed by atoms with Crippen LogP contribution >= 0.6 is 15.9 Å². The van der Waals surface area contributed by atoms with Crippen LogP contribution in [0, 0.1) is 10.1 Å². The molecule has 0 saturated carbocycles. The van der Waals surface area contributed by atoms with Crippen molar-refractivity contribution in [1.82, 2.24) is 5.32 Å². The molecule has 9 heteroatoms. The molecule has 3 aromatic rings. The van der Waals surface area contributed by atoms with Gasteiger partial charge in [-0.05, 0) is 64.0 Å². The van der Waals surface area contributed by atoms with E-state index in [2.05, 4.69) is 26.6 Å². The SMILES string of the molecule is CN(C)c1ccc(/C=C(/NC(=O)c2ccccc2Br)C(=O)Nc2ccc([N+](=O)[O-])cc2)cc1. The van der Waals surface area contributed by atoms with Crippen molar-refractivity contribution in [3.05, 3.63) is 104 Å². The van der Waals surface area contributed by atoms with Gasteiger partial charge in [0.1, 0.15) is 5.70 Å². The van der Waals surface area contributed by atoms with Crippen LogP contribution in [-0.4, -0.2) is 30.8 Å². The maximum Gasteiger partial charge on any atom is 0.272 e. The smallest absolute Gasteiger partial charge is 0.272 e. The van der Waals surface area contributed by atoms with E-state index in [1.54, 1.807) is 30.3 Å². The third-order valence-electron chi connectivity index (χ3n) is 4.67. The van der Waals surface area contributed by atoms with E-state index in [0.29, 0.717) is 21.3 Å². The average Bonchev–Trinajstić information content (AvgIpc) is 2.79. The van der Waals surface area contributed by atoms with Crippen LogP contribution in [0.15, 0.2) is 83.0 Å². The Morgan fingerprint density at radius 2 is 1.61 bits per heavy atom. The average molecular weight is 509 g/mol. The summed E-state index contributed by atoms with van der Waals surface area (Å²) in [6, 6.07) is 19.8. The molecule has 0 aliphatic carbocycles. The minimum atomic E-state index is -0.569. The summed E-state index contributed by atoms with van der Waals surface area (Å²) in [6.45, 7) is 0. The Morgan fingerprint density at radius 3 is 2.18 bits per heavy atom. The van der Waals surface area contributed by atoms with Gasteiger partial charge < -0.3 is 15.5 Å². The van der Waals surface area contributed by atoms with Crippen LogP contribution in [0.2, 0.25) is 0 Å². The molecule has 0 fully saturated rings. The van der Waals surface area contributed by atoms with Gasteiger partial charge in [0, 0.05) is 42.1 Å². The van der Waals surface area contributed by atoms with Crippen LogP contribution in [0.5, 0.6) is 0 Å². The largest absolute Gasteiger partial charge is 0.378 e. The molecule has 0 saturated heterocycles. The third-order valence-corrected chi connectivity index (χ3v) is 5.36. The van der Waals surface area contributed by atoms with E-state index >= 15 is 0 Å². The molecule has 0 atom stereocenters. The van der Waals surface area contributed by atoms with Crippen molar-refractivity contribution in [2.45, 2.75) is 0 Å². The maximum absolute atomic E-state index is 13.0. The van der Waals surface area contributed by atoms with Gasteiger partial charge in [-0.1, -0.05) is 24.3 Å². The van der Waals surface area contributed by atoms with Gasteiger partial charge in [-0.25, -0.2) is 0 Å². The Bertz CT molecular complexity index is 1210. The molecule has 0 aliphatic heterocycles. The summed E-state index contributed by atoms with van der Waals surface area (Å²) in [5.41, 5.74) is 2.35. The summed E-state index contributed by atoms with van der Waals surface area (Å²) in [4.78, 5) is 38.1. The van der Waals surface area contributed by atoms with Gasteiger partial charge in [0.2, 0.25) is 0 Å². The zero-order chi connectivity index (χ0) is 24.0. The Labute approximate surface area is 199 Å². The highest BCUT2D eigenvalue weighted by atomic mass is 79.9. The van der Waals surface area contributed by atoms with E-state index in [1.807, 2.05) is 43.3 Å². The van der Waals surface area contributed by atoms with E-state index in [4.69, 9.17) is 0 Å². The molecule has 168 valence electrons. The molecule has 0 aliphatic rings. The highest BCUT2D eigenvalue weighted by molar-refractivity contribution is 9.10. The van der Waals surface area contributed by atoms with Gasteiger partial charge >= 0.3 is 0 Å². The van der Waals surface area contributed by atoms with Gasteiger partial charge in [0.15, 0.2) is 0 Å². The van der Waals surface area contributed by atoms with E-state index in [1.165, 1.54) is 24.3 Å². The number of nitrogens with zero attached hydrogens (tertiary/aromatic N) is 2. The van der Waals surface area contributed by atoms with Crippen molar-refractivity contribution in [1.29, 1.82) is 0 Å². The van der Waals surface area contributed by atoms with Gasteiger partial charge in [0.05, 0.1) is 10.5 Å². The summed E-state index contributed by atoms with van der Waals surface area (Å²) >= 11 is 3.34. The molecule has 0 heterocycles. The molecule has 0 radical (unpaired) electrons. The summed E-state index contributed by atoms with van der Waals surface area (Å²) in [5, 5.41) is 16.2. The number of hydrogen-bond acceptors (Lipinski definition) is 5. The second kappa shape index (κ2) is 10.6. The van der Waals surface area contributed by atoms with Crippen molar-refractivity contribution in [2.75, 3.05) is 24.3 Å². The first-order chi connectivity index (χ1) is 15.7. The van der Waals surface area contributed by atoms with Crippen LogP contribution in [-0.2, 0) is 4.79 Å². The molecule has 0 aromatic heterocycles. The van der Waals surface area contributed by atoms with Crippen LogP contribution in [0.3, 0.4) is 0 Å². The number of benzene rings is 3. The standard InChI is InChI=1S/C24H21BrN4O4/c1-28(2)18-11-7-16(8-12-18)15-22(27-23(30)20-5-3-4-6-21(20)25)24(31)26-17-9-13-19(14-10-17)29(32)33/h3-15H,1-2H3,(H,26,31)(H,27,30)/b22-15+. The number of nitro groups is 1. The Balaban J connectivity index is 1.89. The zero-order valence-electron chi connectivity index (χ0n) is 17.9. The number of anilines is 2. The molecule has 0 bridgehead atoms. The van der Waals surface area contributed by atoms with Gasteiger partial charge in [-0.2, -0.15) is 0 Å². The fourth-order valence-electron chi connectivity index (χ4n) is 2.89. The number of non-ortho nitro benzene ring substituents is 1. The number of carbonyl (C=O) groups excluding carboxylic acids is 2. The molecule has 2 N–H and O–H groups in total. The van der Waals surface area contributed by atoms with Crippen LogP contribution < -0.4 is 15.5 Å². The normalized spacial score (nSPS) is 10.9. The van der Waals surface area contributed by atoms with E-state index in [0.717, 1.165) is 5.69 Å². The van der Waals surface area contributed by atoms with Crippen LogP contribution in [0.1, 0.15) is 15.9 Å². The molecule has 33 heavy (non-hydrogen) atoms. The number of hydrogen-bond donors (Lipinski definition) is 2. The molecule has 8 nitrogen and oxygen atoms in total. The molecule has 2 amide bonds. The fraction of sp³-hybridized carbons (Fsp3) is 0.0833. The number of nitro benzene ring substituents is 1. The monoisotopic (exact) mass is 508 g/mol. The molecular weight excluding hydrogens is 488 g/mol. The Hall–Kier alpha value is -3.98. The molecule has 3 aromatic carbocycles. The predicted molar refractivity (Wildman–Crippen MR) is 132 cm³/mol. The number of amides is 2. The van der Waals surface area contributed by atoms with Crippen molar-refractivity contribution >= 4 is 50.9 Å². The Kier molecular flexibility index (Phi) is 7.57. The topological polar surface area (TPSA) is 105 Å². The van der Waals surface area contributed by atoms with Gasteiger partial charge in [-0.15, -0.1) is 0 Å². The molecule has 3 rings (SSSR count). The van der Waals surface area contributed by atoms with Crippen molar-refractivity contribution < 1.29 is 14.5 Å². The number of carbonyl (C=O) groups is 2.